The van der Waals surface area contributed by atoms with Gasteiger partial charge in [0, 0.05) is 23.9 Å². The molecule has 4 nitrogen and oxygen atoms in total. The molecule has 19 heavy (non-hydrogen) atoms. The summed E-state index contributed by atoms with van der Waals surface area (Å²) >= 11 is 0. The minimum absolute atomic E-state index is 0.0845. The number of nitrogens with one attached hydrogen (secondary N) is 1. The Kier molecular flexibility index (Phi) is 4.02. The van der Waals surface area contributed by atoms with E-state index >= 15 is 0 Å². The molecular weight excluding hydrogens is 238 g/mol. The third kappa shape index (κ3) is 3.23. The molecule has 4 heteroatoms. The Morgan fingerprint density at radius 2 is 1.74 bits per heavy atom. The van der Waals surface area contributed by atoms with E-state index < -0.39 is 0 Å². The minimum atomic E-state index is -0.280. The van der Waals surface area contributed by atoms with Gasteiger partial charge in [0.05, 0.1) is 0 Å². The van der Waals surface area contributed by atoms with Gasteiger partial charge in [-0.3, -0.25) is 14.9 Å². The molecule has 0 aliphatic heterocycles. The summed E-state index contributed by atoms with van der Waals surface area (Å²) in [5, 5.41) is 0. The number of carbonyl (C=O) groups excluding carboxylic acids is 1. The van der Waals surface area contributed by atoms with Crippen LogP contribution in [0.2, 0.25) is 0 Å². The van der Waals surface area contributed by atoms with Crippen molar-refractivity contribution in [3.05, 3.63) is 59.4 Å². The highest BCUT2D eigenvalue weighted by molar-refractivity contribution is 5.84. The highest BCUT2D eigenvalue weighted by Gasteiger charge is 2.12. The Morgan fingerprint density at radius 1 is 1.16 bits per heavy atom. The van der Waals surface area contributed by atoms with Gasteiger partial charge in [0.2, 0.25) is 5.91 Å². The molecule has 0 spiro atoms. The average Bonchev–Trinajstić information content (AvgIpc) is 2.71. The van der Waals surface area contributed by atoms with Crippen molar-refractivity contribution < 1.29 is 4.79 Å². The van der Waals surface area contributed by atoms with Gasteiger partial charge >= 0.3 is 0 Å². The highest BCUT2D eigenvalue weighted by Crippen LogP contribution is 2.13. The van der Waals surface area contributed by atoms with Crippen LogP contribution in [-0.4, -0.2) is 10.6 Å². The summed E-state index contributed by atoms with van der Waals surface area (Å²) in [5.74, 6) is -0.0845. The van der Waals surface area contributed by atoms with Crippen LogP contribution < -0.4 is 11.2 Å². The molecule has 0 bridgehead atoms. The Balaban J connectivity index is 1.99. The Hall–Kier alpha value is -2.07. The monoisotopic (exact) mass is 257 g/mol. The molecule has 2 rings (SSSR count). The second-order valence-corrected chi connectivity index (χ2v) is 4.71. The number of nitrogens with two attached hydrogens (primary N) is 1. The van der Waals surface area contributed by atoms with E-state index in [-0.39, 0.29) is 18.4 Å². The number of rotatable bonds is 4. The molecule has 1 atom stereocenters. The van der Waals surface area contributed by atoms with Crippen LogP contribution in [0.4, 0.5) is 0 Å². The molecule has 3 N–H and O–H groups in total. The second kappa shape index (κ2) is 5.71. The van der Waals surface area contributed by atoms with Gasteiger partial charge in [0.15, 0.2) is 0 Å². The number of carbonyl (C=O) groups is 1. The number of aryl methyl sites for hydroxylation is 2. The minimum Gasteiger partial charge on any atom is -0.324 e. The van der Waals surface area contributed by atoms with E-state index in [1.165, 1.54) is 0 Å². The van der Waals surface area contributed by atoms with E-state index in [0.29, 0.717) is 0 Å². The normalized spacial score (nSPS) is 12.2. The first kappa shape index (κ1) is 13.4. The molecule has 0 saturated heterocycles. The summed E-state index contributed by atoms with van der Waals surface area (Å²) in [7, 11) is 0. The van der Waals surface area contributed by atoms with Crippen molar-refractivity contribution in [1.82, 2.24) is 4.68 Å². The standard InChI is InChI=1S/C15H19N3O/c1-11-8-9-12(2)18(11)17-15(19)10-14(16)13-6-4-3-5-7-13/h3-9,14H,10,16H2,1-2H3,(H,17,19). The van der Waals surface area contributed by atoms with Crippen molar-refractivity contribution in [3.8, 4) is 0 Å². The molecule has 0 aliphatic carbocycles. The van der Waals surface area contributed by atoms with Crippen LogP contribution in [0.3, 0.4) is 0 Å². The van der Waals surface area contributed by atoms with Crippen LogP contribution in [-0.2, 0) is 4.79 Å². The number of benzene rings is 1. The van der Waals surface area contributed by atoms with Gasteiger partial charge in [-0.05, 0) is 31.5 Å². The zero-order valence-corrected chi connectivity index (χ0v) is 11.3. The lowest BCUT2D eigenvalue weighted by molar-refractivity contribution is -0.117. The predicted octanol–water partition coefficient (Wildman–Crippen LogP) is 2.27. The van der Waals surface area contributed by atoms with Gasteiger partial charge in [-0.1, -0.05) is 30.3 Å². The van der Waals surface area contributed by atoms with E-state index in [2.05, 4.69) is 5.43 Å². The van der Waals surface area contributed by atoms with Crippen molar-refractivity contribution in [2.24, 2.45) is 5.73 Å². The molecule has 100 valence electrons. The summed E-state index contributed by atoms with van der Waals surface area (Å²) < 4.78 is 1.78. The first-order valence-corrected chi connectivity index (χ1v) is 6.33. The van der Waals surface area contributed by atoms with E-state index in [4.69, 9.17) is 5.73 Å². The Bertz CT molecular complexity index is 541. The van der Waals surface area contributed by atoms with Crippen LogP contribution >= 0.6 is 0 Å². The van der Waals surface area contributed by atoms with Crippen molar-refractivity contribution in [2.75, 3.05) is 5.43 Å². The molecule has 0 saturated carbocycles. The molecule has 2 aromatic rings. The molecule has 1 aromatic heterocycles. The molecule has 1 amide bonds. The SMILES string of the molecule is Cc1ccc(C)n1NC(=O)CC(N)c1ccccc1. The summed E-state index contributed by atoms with van der Waals surface area (Å²) in [4.78, 5) is 12.0. The van der Waals surface area contributed by atoms with E-state index in [1.807, 2.05) is 56.3 Å². The van der Waals surface area contributed by atoms with Gasteiger partial charge < -0.3 is 5.73 Å². The quantitative estimate of drug-likeness (QED) is 0.882. The molecule has 0 radical (unpaired) electrons. The van der Waals surface area contributed by atoms with Crippen molar-refractivity contribution in [2.45, 2.75) is 26.3 Å². The fourth-order valence-corrected chi connectivity index (χ4v) is 2.03. The van der Waals surface area contributed by atoms with Gasteiger partial charge in [-0.2, -0.15) is 0 Å². The van der Waals surface area contributed by atoms with Crippen molar-refractivity contribution in [3.63, 3.8) is 0 Å². The van der Waals surface area contributed by atoms with Crippen LogP contribution in [0.5, 0.6) is 0 Å². The van der Waals surface area contributed by atoms with Gasteiger partial charge in [0.25, 0.3) is 0 Å². The third-order valence-corrected chi connectivity index (χ3v) is 3.14. The summed E-state index contributed by atoms with van der Waals surface area (Å²) in [6.45, 7) is 3.90. The smallest absolute Gasteiger partial charge is 0.240 e. The average molecular weight is 257 g/mol. The van der Waals surface area contributed by atoms with Gasteiger partial charge in [0.1, 0.15) is 0 Å². The number of nitrogens with zero attached hydrogens (tertiary/aromatic N) is 1. The molecule has 0 fully saturated rings. The van der Waals surface area contributed by atoms with Crippen LogP contribution in [0.1, 0.15) is 29.4 Å². The number of hydrogen-bond donors (Lipinski definition) is 2. The molecule has 1 unspecified atom stereocenters. The zero-order chi connectivity index (χ0) is 13.8. The Labute approximate surface area is 113 Å². The molecule has 1 heterocycles. The Morgan fingerprint density at radius 3 is 2.32 bits per heavy atom. The topological polar surface area (TPSA) is 60.0 Å². The molecule has 0 aliphatic rings. The summed E-state index contributed by atoms with van der Waals surface area (Å²) in [5.41, 5.74) is 11.9. The zero-order valence-electron chi connectivity index (χ0n) is 11.3. The number of aromatic nitrogens is 1. The van der Waals surface area contributed by atoms with Crippen molar-refractivity contribution in [1.29, 1.82) is 0 Å². The van der Waals surface area contributed by atoms with E-state index in [0.717, 1.165) is 17.0 Å². The summed E-state index contributed by atoms with van der Waals surface area (Å²) in [6, 6.07) is 13.3. The van der Waals surface area contributed by atoms with E-state index in [1.54, 1.807) is 4.68 Å². The summed E-state index contributed by atoms with van der Waals surface area (Å²) in [6.07, 6.45) is 0.265. The molecule has 1 aromatic carbocycles. The maximum Gasteiger partial charge on any atom is 0.240 e. The number of amides is 1. The van der Waals surface area contributed by atoms with E-state index in [9.17, 15) is 4.79 Å². The highest BCUT2D eigenvalue weighted by atomic mass is 16.2. The van der Waals surface area contributed by atoms with Crippen molar-refractivity contribution >= 4 is 5.91 Å². The van der Waals surface area contributed by atoms with Crippen LogP contribution in [0.15, 0.2) is 42.5 Å². The third-order valence-electron chi connectivity index (χ3n) is 3.14. The second-order valence-electron chi connectivity index (χ2n) is 4.71. The first-order chi connectivity index (χ1) is 9.08. The largest absolute Gasteiger partial charge is 0.324 e. The first-order valence-electron chi connectivity index (χ1n) is 6.33. The van der Waals surface area contributed by atoms with Gasteiger partial charge in [-0.15, -0.1) is 0 Å². The number of hydrogen-bond acceptors (Lipinski definition) is 2. The lowest BCUT2D eigenvalue weighted by Crippen LogP contribution is -2.28. The van der Waals surface area contributed by atoms with Gasteiger partial charge in [-0.25, -0.2) is 0 Å². The maximum atomic E-state index is 12.0. The fourth-order valence-electron chi connectivity index (χ4n) is 2.03. The fraction of sp³-hybridized carbons (Fsp3) is 0.267. The lowest BCUT2D eigenvalue weighted by Gasteiger charge is -2.14. The van der Waals surface area contributed by atoms with Crippen LogP contribution in [0.25, 0.3) is 0 Å². The van der Waals surface area contributed by atoms with Crippen LogP contribution in [0, 0.1) is 13.8 Å². The molecular formula is C15H19N3O. The maximum absolute atomic E-state index is 12.0. The lowest BCUT2D eigenvalue weighted by atomic mass is 10.0. The predicted molar refractivity (Wildman–Crippen MR) is 76.3 cm³/mol.